The summed E-state index contributed by atoms with van der Waals surface area (Å²) in [7, 11) is 0. The van der Waals surface area contributed by atoms with Crippen LogP contribution in [-0.2, 0) is 9.59 Å². The highest BCUT2D eigenvalue weighted by atomic mass is 79.9. The Morgan fingerprint density at radius 3 is 2.83 bits per heavy atom. The lowest BCUT2D eigenvalue weighted by Gasteiger charge is -2.17. The van der Waals surface area contributed by atoms with Crippen LogP contribution in [0.4, 0.5) is 11.5 Å². The third-order valence-corrected chi connectivity index (χ3v) is 4.25. The summed E-state index contributed by atoms with van der Waals surface area (Å²) in [5.41, 5.74) is 1.63. The lowest BCUT2D eigenvalue weighted by molar-refractivity contribution is -0.122. The van der Waals surface area contributed by atoms with Gasteiger partial charge in [0.15, 0.2) is 0 Å². The summed E-state index contributed by atoms with van der Waals surface area (Å²) in [5.74, 6) is -0.0680. The lowest BCUT2D eigenvalue weighted by atomic mass is 10.1. The molecule has 2 aromatic rings. The molecule has 1 fully saturated rings. The molecule has 0 bridgehead atoms. The van der Waals surface area contributed by atoms with E-state index in [-0.39, 0.29) is 24.2 Å². The number of carbonyl (C=O) groups is 2. The Morgan fingerprint density at radius 2 is 2.09 bits per heavy atom. The van der Waals surface area contributed by atoms with Crippen molar-refractivity contribution < 1.29 is 9.59 Å². The molecule has 1 aromatic heterocycles. The molecule has 1 saturated heterocycles. The number of amides is 2. The maximum Gasteiger partial charge on any atom is 0.230 e. The summed E-state index contributed by atoms with van der Waals surface area (Å²) in [6.45, 7) is 2.25. The highest BCUT2D eigenvalue weighted by molar-refractivity contribution is 9.10. The van der Waals surface area contributed by atoms with Crippen LogP contribution in [-0.4, -0.2) is 23.3 Å². The molecule has 0 unspecified atom stereocenters. The second-order valence-electron chi connectivity index (χ2n) is 5.54. The molecule has 2 heterocycles. The molecule has 0 saturated carbocycles. The van der Waals surface area contributed by atoms with Gasteiger partial charge in [0.2, 0.25) is 11.8 Å². The maximum absolute atomic E-state index is 12.4. The molecule has 1 aliphatic rings. The summed E-state index contributed by atoms with van der Waals surface area (Å²) in [4.78, 5) is 30.5. The summed E-state index contributed by atoms with van der Waals surface area (Å²) in [6, 6.07) is 13.0. The van der Waals surface area contributed by atoms with Crippen LogP contribution in [0.15, 0.2) is 46.9 Å². The Kier molecular flexibility index (Phi) is 4.43. The number of aromatic nitrogens is 1. The lowest BCUT2D eigenvalue weighted by Crippen LogP contribution is -2.28. The van der Waals surface area contributed by atoms with E-state index < -0.39 is 0 Å². The Balaban J connectivity index is 1.70. The number of nitrogens with one attached hydrogen (secondary N) is 1. The van der Waals surface area contributed by atoms with Gasteiger partial charge in [0.1, 0.15) is 5.82 Å². The number of hydrogen-bond donors (Lipinski definition) is 1. The van der Waals surface area contributed by atoms with Gasteiger partial charge in [-0.25, -0.2) is 4.98 Å². The first-order valence-corrected chi connectivity index (χ1v) is 8.12. The third kappa shape index (κ3) is 3.59. The predicted molar refractivity (Wildman–Crippen MR) is 92.2 cm³/mol. The topological polar surface area (TPSA) is 62.3 Å². The van der Waals surface area contributed by atoms with Gasteiger partial charge in [-0.3, -0.25) is 9.59 Å². The molecule has 23 heavy (non-hydrogen) atoms. The van der Waals surface area contributed by atoms with Crippen molar-refractivity contribution in [2.45, 2.75) is 13.3 Å². The number of benzene rings is 1. The molecular weight excluding hydrogens is 358 g/mol. The van der Waals surface area contributed by atoms with Gasteiger partial charge in [-0.05, 0) is 37.3 Å². The Labute approximate surface area is 142 Å². The molecule has 118 valence electrons. The fourth-order valence-corrected chi connectivity index (χ4v) is 3.00. The van der Waals surface area contributed by atoms with Crippen molar-refractivity contribution in [1.29, 1.82) is 0 Å². The van der Waals surface area contributed by atoms with Crippen molar-refractivity contribution in [3.63, 3.8) is 0 Å². The molecule has 1 atom stereocenters. The van der Waals surface area contributed by atoms with Gasteiger partial charge in [0.25, 0.3) is 0 Å². The number of anilines is 2. The highest BCUT2D eigenvalue weighted by Gasteiger charge is 2.35. The van der Waals surface area contributed by atoms with E-state index >= 15 is 0 Å². The van der Waals surface area contributed by atoms with Gasteiger partial charge in [0.05, 0.1) is 5.92 Å². The number of carbonyl (C=O) groups excluding carboxylic acids is 2. The second-order valence-corrected chi connectivity index (χ2v) is 6.45. The summed E-state index contributed by atoms with van der Waals surface area (Å²) < 4.78 is 0.902. The number of pyridine rings is 1. The number of hydrogen-bond acceptors (Lipinski definition) is 3. The maximum atomic E-state index is 12.4. The van der Waals surface area contributed by atoms with E-state index in [1.807, 2.05) is 43.3 Å². The van der Waals surface area contributed by atoms with E-state index in [0.717, 1.165) is 15.9 Å². The van der Waals surface area contributed by atoms with Crippen LogP contribution in [0.2, 0.25) is 0 Å². The molecule has 2 amide bonds. The Morgan fingerprint density at radius 1 is 1.30 bits per heavy atom. The van der Waals surface area contributed by atoms with E-state index in [0.29, 0.717) is 12.4 Å². The van der Waals surface area contributed by atoms with Crippen molar-refractivity contribution in [1.82, 2.24) is 4.98 Å². The minimum absolute atomic E-state index is 0.0412. The zero-order valence-electron chi connectivity index (χ0n) is 12.6. The predicted octanol–water partition coefficient (Wildman–Crippen LogP) is 3.14. The van der Waals surface area contributed by atoms with Crippen molar-refractivity contribution in [2.24, 2.45) is 5.92 Å². The standard InChI is InChI=1S/C17H16BrN3O2/c1-11-4-2-7-15(19-11)20-17(23)12-8-16(22)21(10-12)14-6-3-5-13(18)9-14/h2-7,9,12H,8,10H2,1H3,(H,19,20,23)/t12-/m0/s1. The number of halogens is 1. The molecular formula is C17H16BrN3O2. The van der Waals surface area contributed by atoms with Crippen LogP contribution >= 0.6 is 15.9 Å². The van der Waals surface area contributed by atoms with Crippen LogP contribution in [0, 0.1) is 12.8 Å². The van der Waals surface area contributed by atoms with Crippen molar-refractivity contribution in [2.75, 3.05) is 16.8 Å². The van der Waals surface area contributed by atoms with Crippen LogP contribution < -0.4 is 10.2 Å². The quantitative estimate of drug-likeness (QED) is 0.898. The SMILES string of the molecule is Cc1cccc(NC(=O)[C@H]2CC(=O)N(c3cccc(Br)c3)C2)n1. The molecule has 1 N–H and O–H groups in total. The summed E-state index contributed by atoms with van der Waals surface area (Å²) >= 11 is 3.40. The minimum Gasteiger partial charge on any atom is -0.312 e. The van der Waals surface area contributed by atoms with Crippen molar-refractivity contribution >= 4 is 39.2 Å². The van der Waals surface area contributed by atoms with Gasteiger partial charge in [0, 0.05) is 28.8 Å². The average Bonchev–Trinajstić information content (AvgIpc) is 2.89. The number of rotatable bonds is 3. The largest absolute Gasteiger partial charge is 0.312 e. The first-order valence-electron chi connectivity index (χ1n) is 7.33. The van der Waals surface area contributed by atoms with Gasteiger partial charge in [-0.2, -0.15) is 0 Å². The number of nitrogens with zero attached hydrogens (tertiary/aromatic N) is 2. The van der Waals surface area contributed by atoms with Gasteiger partial charge < -0.3 is 10.2 Å². The molecule has 5 nitrogen and oxygen atoms in total. The van der Waals surface area contributed by atoms with Crippen LogP contribution in [0.3, 0.4) is 0 Å². The zero-order chi connectivity index (χ0) is 16.4. The van der Waals surface area contributed by atoms with E-state index in [9.17, 15) is 9.59 Å². The smallest absolute Gasteiger partial charge is 0.230 e. The molecule has 0 spiro atoms. The van der Waals surface area contributed by atoms with Gasteiger partial charge >= 0.3 is 0 Å². The Hall–Kier alpha value is -2.21. The Bertz CT molecular complexity index is 763. The van der Waals surface area contributed by atoms with Crippen molar-refractivity contribution in [3.05, 3.63) is 52.6 Å². The first kappa shape index (κ1) is 15.7. The molecule has 1 aromatic carbocycles. The number of aryl methyl sites for hydroxylation is 1. The van der Waals surface area contributed by atoms with Gasteiger partial charge in [-0.1, -0.05) is 28.1 Å². The van der Waals surface area contributed by atoms with E-state index in [1.54, 1.807) is 11.0 Å². The zero-order valence-corrected chi connectivity index (χ0v) is 14.2. The molecule has 0 radical (unpaired) electrons. The molecule has 3 rings (SSSR count). The van der Waals surface area contributed by atoms with E-state index in [4.69, 9.17) is 0 Å². The minimum atomic E-state index is -0.371. The van der Waals surface area contributed by atoms with Crippen molar-refractivity contribution in [3.8, 4) is 0 Å². The summed E-state index contributed by atoms with van der Waals surface area (Å²) in [6.07, 6.45) is 0.212. The third-order valence-electron chi connectivity index (χ3n) is 3.76. The molecule has 0 aliphatic carbocycles. The fraction of sp³-hybridized carbons (Fsp3) is 0.235. The van der Waals surface area contributed by atoms with Crippen LogP contribution in [0.25, 0.3) is 0 Å². The van der Waals surface area contributed by atoms with E-state index in [2.05, 4.69) is 26.2 Å². The van der Waals surface area contributed by atoms with Gasteiger partial charge in [-0.15, -0.1) is 0 Å². The monoisotopic (exact) mass is 373 g/mol. The van der Waals surface area contributed by atoms with Crippen LogP contribution in [0.1, 0.15) is 12.1 Å². The molecule has 6 heteroatoms. The first-order chi connectivity index (χ1) is 11.0. The average molecular weight is 374 g/mol. The summed E-state index contributed by atoms with van der Waals surface area (Å²) in [5, 5.41) is 2.79. The van der Waals surface area contributed by atoms with E-state index in [1.165, 1.54) is 0 Å². The normalized spacial score (nSPS) is 17.4. The second kappa shape index (κ2) is 6.50. The van der Waals surface area contributed by atoms with Crippen LogP contribution in [0.5, 0.6) is 0 Å². The highest BCUT2D eigenvalue weighted by Crippen LogP contribution is 2.27. The fourth-order valence-electron chi connectivity index (χ4n) is 2.62. The molecule has 1 aliphatic heterocycles.